The molecule has 2 aromatic rings. The zero-order chi connectivity index (χ0) is 14.0. The molecule has 0 aliphatic rings. The lowest BCUT2D eigenvalue weighted by Crippen LogP contribution is -2.08. The van der Waals surface area contributed by atoms with Crippen LogP contribution in [0.1, 0.15) is 18.5 Å². The van der Waals surface area contributed by atoms with Crippen molar-refractivity contribution in [3.8, 4) is 11.5 Å². The number of hydrogen-bond donors (Lipinski definition) is 3. The standard InChI is InChI=1S/C14H13F2NO2/c1-8(14-12(18)3-2-4-13(14)19)17-11-6-5-9(15)7-10(11)16/h2-8,17-19H,1H3. The number of aromatic hydroxyl groups is 2. The van der Waals surface area contributed by atoms with Crippen molar-refractivity contribution >= 4 is 5.69 Å². The molecule has 3 nitrogen and oxygen atoms in total. The zero-order valence-electron chi connectivity index (χ0n) is 10.2. The second kappa shape index (κ2) is 5.14. The van der Waals surface area contributed by atoms with Gasteiger partial charge in [0.05, 0.1) is 17.3 Å². The number of nitrogens with one attached hydrogen (secondary N) is 1. The third-order valence-electron chi connectivity index (χ3n) is 2.80. The Hall–Kier alpha value is -2.30. The summed E-state index contributed by atoms with van der Waals surface area (Å²) in [5.41, 5.74) is 0.350. The van der Waals surface area contributed by atoms with Crippen LogP contribution >= 0.6 is 0 Å². The Kier molecular flexibility index (Phi) is 3.55. The van der Waals surface area contributed by atoms with Gasteiger partial charge in [-0.25, -0.2) is 8.78 Å². The molecule has 19 heavy (non-hydrogen) atoms. The first-order valence-electron chi connectivity index (χ1n) is 5.71. The number of phenols is 2. The molecule has 0 aliphatic carbocycles. The van der Waals surface area contributed by atoms with Gasteiger partial charge in [-0.3, -0.25) is 0 Å². The average Bonchev–Trinajstić information content (AvgIpc) is 2.32. The molecular formula is C14H13F2NO2. The molecule has 100 valence electrons. The van der Waals surface area contributed by atoms with E-state index in [1.807, 2.05) is 0 Å². The summed E-state index contributed by atoms with van der Waals surface area (Å²) in [6.45, 7) is 1.65. The molecule has 3 N–H and O–H groups in total. The molecule has 1 unspecified atom stereocenters. The first kappa shape index (κ1) is 13.1. The van der Waals surface area contributed by atoms with Gasteiger partial charge in [0, 0.05) is 6.07 Å². The third-order valence-corrected chi connectivity index (χ3v) is 2.80. The minimum Gasteiger partial charge on any atom is -0.507 e. The van der Waals surface area contributed by atoms with Gasteiger partial charge in [0.2, 0.25) is 0 Å². The predicted octanol–water partition coefficient (Wildman–Crippen LogP) is 3.55. The molecule has 0 amide bonds. The van der Waals surface area contributed by atoms with E-state index in [1.165, 1.54) is 24.3 Å². The molecule has 0 fully saturated rings. The fourth-order valence-corrected chi connectivity index (χ4v) is 1.90. The minimum absolute atomic E-state index is 0.0940. The zero-order valence-corrected chi connectivity index (χ0v) is 10.2. The van der Waals surface area contributed by atoms with Gasteiger partial charge < -0.3 is 15.5 Å². The summed E-state index contributed by atoms with van der Waals surface area (Å²) in [5.74, 6) is -1.59. The first-order valence-corrected chi connectivity index (χ1v) is 5.71. The molecule has 2 aromatic carbocycles. The van der Waals surface area contributed by atoms with Crippen LogP contribution in [-0.4, -0.2) is 10.2 Å². The Labute approximate surface area is 109 Å². The molecule has 0 spiro atoms. The second-order valence-corrected chi connectivity index (χ2v) is 4.20. The van der Waals surface area contributed by atoms with Crippen molar-refractivity contribution in [2.24, 2.45) is 0 Å². The monoisotopic (exact) mass is 265 g/mol. The van der Waals surface area contributed by atoms with Gasteiger partial charge in [0.25, 0.3) is 0 Å². The highest BCUT2D eigenvalue weighted by Gasteiger charge is 2.16. The van der Waals surface area contributed by atoms with Crippen molar-refractivity contribution in [3.63, 3.8) is 0 Å². The van der Waals surface area contributed by atoms with Gasteiger partial charge in [-0.2, -0.15) is 0 Å². The van der Waals surface area contributed by atoms with Gasteiger partial charge in [-0.1, -0.05) is 6.07 Å². The highest BCUT2D eigenvalue weighted by molar-refractivity contribution is 5.52. The number of halogens is 2. The van der Waals surface area contributed by atoms with E-state index >= 15 is 0 Å². The Morgan fingerprint density at radius 3 is 2.26 bits per heavy atom. The Balaban J connectivity index is 2.28. The molecule has 0 heterocycles. The molecule has 0 aromatic heterocycles. The van der Waals surface area contributed by atoms with Gasteiger partial charge in [0.15, 0.2) is 0 Å². The fraction of sp³-hybridized carbons (Fsp3) is 0.143. The van der Waals surface area contributed by atoms with Crippen molar-refractivity contribution in [1.82, 2.24) is 0 Å². The highest BCUT2D eigenvalue weighted by Crippen LogP contribution is 2.34. The van der Waals surface area contributed by atoms with Crippen molar-refractivity contribution in [2.75, 3.05) is 5.32 Å². The molecule has 1 atom stereocenters. The third kappa shape index (κ3) is 2.76. The average molecular weight is 265 g/mol. The van der Waals surface area contributed by atoms with E-state index in [2.05, 4.69) is 5.32 Å². The van der Waals surface area contributed by atoms with Crippen LogP contribution in [0.3, 0.4) is 0 Å². The summed E-state index contributed by atoms with van der Waals surface area (Å²) in [5, 5.41) is 22.2. The largest absolute Gasteiger partial charge is 0.507 e. The van der Waals surface area contributed by atoms with E-state index in [4.69, 9.17) is 0 Å². The topological polar surface area (TPSA) is 52.5 Å². The van der Waals surface area contributed by atoms with E-state index in [0.29, 0.717) is 0 Å². The van der Waals surface area contributed by atoms with Gasteiger partial charge >= 0.3 is 0 Å². The molecule has 0 saturated carbocycles. The lowest BCUT2D eigenvalue weighted by molar-refractivity contribution is 0.434. The van der Waals surface area contributed by atoms with Crippen molar-refractivity contribution < 1.29 is 19.0 Å². The summed E-state index contributed by atoms with van der Waals surface area (Å²) in [7, 11) is 0. The van der Waals surface area contributed by atoms with Crippen LogP contribution in [0.25, 0.3) is 0 Å². The number of rotatable bonds is 3. The summed E-state index contributed by atoms with van der Waals surface area (Å²) < 4.78 is 26.3. The Bertz CT molecular complexity index is 582. The molecular weight excluding hydrogens is 252 g/mol. The van der Waals surface area contributed by atoms with Gasteiger partial charge in [0.1, 0.15) is 23.1 Å². The number of anilines is 1. The van der Waals surface area contributed by atoms with Crippen molar-refractivity contribution in [2.45, 2.75) is 13.0 Å². The van der Waals surface area contributed by atoms with Crippen LogP contribution < -0.4 is 5.32 Å². The molecule has 0 radical (unpaired) electrons. The maximum absolute atomic E-state index is 13.5. The van der Waals surface area contributed by atoms with Crippen LogP contribution in [-0.2, 0) is 0 Å². The molecule has 5 heteroatoms. The van der Waals surface area contributed by atoms with Crippen molar-refractivity contribution in [1.29, 1.82) is 0 Å². The van der Waals surface area contributed by atoms with Crippen LogP contribution in [0.5, 0.6) is 11.5 Å². The van der Waals surface area contributed by atoms with Crippen molar-refractivity contribution in [3.05, 3.63) is 53.6 Å². The second-order valence-electron chi connectivity index (χ2n) is 4.20. The van der Waals surface area contributed by atoms with Gasteiger partial charge in [-0.05, 0) is 31.2 Å². The maximum Gasteiger partial charge on any atom is 0.149 e. The highest BCUT2D eigenvalue weighted by atomic mass is 19.1. The number of phenolic OH excluding ortho intramolecular Hbond substituents is 2. The van der Waals surface area contributed by atoms with Gasteiger partial charge in [-0.15, -0.1) is 0 Å². The SMILES string of the molecule is CC(Nc1ccc(F)cc1F)c1c(O)cccc1O. The molecule has 0 saturated heterocycles. The van der Waals surface area contributed by atoms with E-state index in [0.717, 1.165) is 12.1 Å². The lowest BCUT2D eigenvalue weighted by atomic mass is 10.1. The smallest absolute Gasteiger partial charge is 0.149 e. The van der Waals surface area contributed by atoms with E-state index in [-0.39, 0.29) is 22.7 Å². The summed E-state index contributed by atoms with van der Waals surface area (Å²) in [4.78, 5) is 0. The molecule has 0 aliphatic heterocycles. The number of hydrogen-bond acceptors (Lipinski definition) is 3. The van der Waals surface area contributed by atoms with Crippen LogP contribution in [0.4, 0.5) is 14.5 Å². The van der Waals surface area contributed by atoms with Crippen LogP contribution in [0.2, 0.25) is 0 Å². The normalized spacial score (nSPS) is 12.2. The fourth-order valence-electron chi connectivity index (χ4n) is 1.90. The molecule has 2 rings (SSSR count). The summed E-state index contributed by atoms with van der Waals surface area (Å²) in [6.07, 6.45) is 0. The van der Waals surface area contributed by atoms with E-state index < -0.39 is 17.7 Å². The predicted molar refractivity (Wildman–Crippen MR) is 68.2 cm³/mol. The van der Waals surface area contributed by atoms with Crippen LogP contribution in [0, 0.1) is 11.6 Å². The maximum atomic E-state index is 13.5. The van der Waals surface area contributed by atoms with E-state index in [1.54, 1.807) is 6.92 Å². The quantitative estimate of drug-likeness (QED) is 0.795. The Morgan fingerprint density at radius 2 is 1.68 bits per heavy atom. The number of benzene rings is 2. The first-order chi connectivity index (χ1) is 8.99. The summed E-state index contributed by atoms with van der Waals surface area (Å²) in [6, 6.07) is 6.96. The Morgan fingerprint density at radius 1 is 1.05 bits per heavy atom. The lowest BCUT2D eigenvalue weighted by Gasteiger charge is -2.18. The van der Waals surface area contributed by atoms with E-state index in [9.17, 15) is 19.0 Å². The minimum atomic E-state index is -0.734. The molecule has 0 bridgehead atoms. The van der Waals surface area contributed by atoms with Crippen LogP contribution in [0.15, 0.2) is 36.4 Å². The summed E-state index contributed by atoms with van der Waals surface area (Å²) >= 11 is 0.